The van der Waals surface area contributed by atoms with Crippen molar-refractivity contribution in [2.45, 2.75) is 13.2 Å². The standard InChI is InChI=1S/C15H16N2O3/c16-15(17-19)14-7-2-1-5-12(14)10-20-13-6-3-4-11(8-13)9-18/h1-8,18-19H,9-10H2,(H2,16,17). The van der Waals surface area contributed by atoms with Crippen LogP contribution in [0.4, 0.5) is 0 Å². The van der Waals surface area contributed by atoms with Gasteiger partial charge in [-0.2, -0.15) is 0 Å². The van der Waals surface area contributed by atoms with Gasteiger partial charge in [0.1, 0.15) is 12.4 Å². The van der Waals surface area contributed by atoms with E-state index in [2.05, 4.69) is 5.16 Å². The molecule has 2 aromatic rings. The van der Waals surface area contributed by atoms with E-state index < -0.39 is 0 Å². The fourth-order valence-corrected chi connectivity index (χ4v) is 1.84. The zero-order valence-electron chi connectivity index (χ0n) is 10.9. The molecule has 0 spiro atoms. The molecular weight excluding hydrogens is 256 g/mol. The van der Waals surface area contributed by atoms with Crippen molar-refractivity contribution in [3.05, 3.63) is 65.2 Å². The van der Waals surface area contributed by atoms with Gasteiger partial charge in [0.2, 0.25) is 0 Å². The van der Waals surface area contributed by atoms with Gasteiger partial charge in [0.05, 0.1) is 6.61 Å². The van der Waals surface area contributed by atoms with Gasteiger partial charge in [-0.05, 0) is 17.7 Å². The Hall–Kier alpha value is -2.53. The van der Waals surface area contributed by atoms with Crippen LogP contribution >= 0.6 is 0 Å². The Balaban J connectivity index is 2.14. The quantitative estimate of drug-likeness (QED) is 0.335. The molecule has 5 heteroatoms. The minimum Gasteiger partial charge on any atom is -0.489 e. The molecule has 20 heavy (non-hydrogen) atoms. The highest BCUT2D eigenvalue weighted by molar-refractivity contribution is 5.98. The smallest absolute Gasteiger partial charge is 0.170 e. The largest absolute Gasteiger partial charge is 0.489 e. The molecular formula is C15H16N2O3. The second-order valence-corrected chi connectivity index (χ2v) is 4.24. The molecule has 0 atom stereocenters. The lowest BCUT2D eigenvalue weighted by Gasteiger charge is -2.10. The summed E-state index contributed by atoms with van der Waals surface area (Å²) < 4.78 is 5.67. The molecule has 4 N–H and O–H groups in total. The maximum absolute atomic E-state index is 9.08. The average molecular weight is 272 g/mol. The van der Waals surface area contributed by atoms with Gasteiger partial charge < -0.3 is 20.8 Å². The maximum atomic E-state index is 9.08. The minimum atomic E-state index is -0.0299. The van der Waals surface area contributed by atoms with Crippen LogP contribution in [0.5, 0.6) is 5.75 Å². The highest BCUT2D eigenvalue weighted by Crippen LogP contribution is 2.17. The van der Waals surface area contributed by atoms with Gasteiger partial charge >= 0.3 is 0 Å². The average Bonchev–Trinajstić information content (AvgIpc) is 2.52. The third-order valence-electron chi connectivity index (χ3n) is 2.88. The summed E-state index contributed by atoms with van der Waals surface area (Å²) in [5.74, 6) is 0.708. The predicted octanol–water partition coefficient (Wildman–Crippen LogP) is 1.85. The number of aliphatic hydroxyl groups excluding tert-OH is 1. The number of nitrogens with two attached hydrogens (primary N) is 1. The van der Waals surface area contributed by atoms with Crippen molar-refractivity contribution in [2.24, 2.45) is 10.9 Å². The number of aliphatic hydroxyl groups is 1. The Labute approximate surface area is 116 Å². The number of hydrogen-bond donors (Lipinski definition) is 3. The molecule has 0 bridgehead atoms. The molecule has 2 aromatic carbocycles. The third-order valence-corrected chi connectivity index (χ3v) is 2.88. The zero-order valence-corrected chi connectivity index (χ0v) is 10.9. The summed E-state index contributed by atoms with van der Waals surface area (Å²) >= 11 is 0. The Morgan fingerprint density at radius 1 is 1.15 bits per heavy atom. The Kier molecular flexibility index (Phi) is 4.57. The molecule has 104 valence electrons. The first-order chi connectivity index (χ1) is 9.74. The van der Waals surface area contributed by atoms with Crippen LogP contribution in [0, 0.1) is 0 Å². The number of amidine groups is 1. The van der Waals surface area contributed by atoms with Crippen LogP contribution in [0.2, 0.25) is 0 Å². The van der Waals surface area contributed by atoms with Gasteiger partial charge in [-0.3, -0.25) is 0 Å². The summed E-state index contributed by atoms with van der Waals surface area (Å²) in [6.07, 6.45) is 0. The van der Waals surface area contributed by atoms with E-state index in [4.69, 9.17) is 20.8 Å². The Bertz CT molecular complexity index is 612. The molecule has 0 amide bonds. The second kappa shape index (κ2) is 6.58. The summed E-state index contributed by atoms with van der Waals surface area (Å²) in [6.45, 7) is 0.263. The topological polar surface area (TPSA) is 88.1 Å². The predicted molar refractivity (Wildman–Crippen MR) is 75.6 cm³/mol. The Morgan fingerprint density at radius 2 is 1.95 bits per heavy atom. The van der Waals surface area contributed by atoms with Gasteiger partial charge in [-0.1, -0.05) is 41.6 Å². The van der Waals surface area contributed by atoms with Gasteiger partial charge in [0.25, 0.3) is 0 Å². The summed E-state index contributed by atoms with van der Waals surface area (Å²) in [6, 6.07) is 14.5. The third kappa shape index (κ3) is 3.27. The molecule has 0 radical (unpaired) electrons. The molecule has 0 aromatic heterocycles. The first-order valence-electron chi connectivity index (χ1n) is 6.13. The van der Waals surface area contributed by atoms with Gasteiger partial charge in [0.15, 0.2) is 5.84 Å². The molecule has 0 saturated heterocycles. The molecule has 0 fully saturated rings. The van der Waals surface area contributed by atoms with Gasteiger partial charge in [0, 0.05) is 11.1 Å². The normalized spacial score (nSPS) is 11.3. The number of benzene rings is 2. The van der Waals surface area contributed by atoms with E-state index in [1.54, 1.807) is 12.1 Å². The molecule has 0 saturated carbocycles. The van der Waals surface area contributed by atoms with E-state index in [-0.39, 0.29) is 12.4 Å². The van der Waals surface area contributed by atoms with E-state index >= 15 is 0 Å². The first-order valence-corrected chi connectivity index (χ1v) is 6.13. The minimum absolute atomic E-state index is 0.0299. The van der Waals surface area contributed by atoms with Gasteiger partial charge in [-0.25, -0.2) is 0 Å². The summed E-state index contributed by atoms with van der Waals surface area (Å²) in [7, 11) is 0. The van der Waals surface area contributed by atoms with E-state index in [9.17, 15) is 0 Å². The maximum Gasteiger partial charge on any atom is 0.170 e. The lowest BCUT2D eigenvalue weighted by molar-refractivity contribution is 0.278. The molecule has 0 aliphatic carbocycles. The van der Waals surface area contributed by atoms with Crippen molar-refractivity contribution >= 4 is 5.84 Å². The Morgan fingerprint density at radius 3 is 2.70 bits per heavy atom. The van der Waals surface area contributed by atoms with Crippen molar-refractivity contribution in [3.63, 3.8) is 0 Å². The van der Waals surface area contributed by atoms with Crippen molar-refractivity contribution in [1.82, 2.24) is 0 Å². The van der Waals surface area contributed by atoms with Crippen molar-refractivity contribution < 1.29 is 15.1 Å². The fraction of sp³-hybridized carbons (Fsp3) is 0.133. The first kappa shape index (κ1) is 13.9. The number of nitrogens with zero attached hydrogens (tertiary/aromatic N) is 1. The van der Waals surface area contributed by atoms with Crippen molar-refractivity contribution in [1.29, 1.82) is 0 Å². The van der Waals surface area contributed by atoms with Gasteiger partial charge in [-0.15, -0.1) is 0 Å². The van der Waals surface area contributed by atoms with E-state index in [0.29, 0.717) is 17.9 Å². The molecule has 5 nitrogen and oxygen atoms in total. The second-order valence-electron chi connectivity index (χ2n) is 4.24. The summed E-state index contributed by atoms with van der Waals surface area (Å²) in [5.41, 5.74) is 7.86. The van der Waals surface area contributed by atoms with E-state index in [1.807, 2.05) is 36.4 Å². The number of oxime groups is 1. The molecule has 0 aliphatic heterocycles. The van der Waals surface area contributed by atoms with Crippen LogP contribution in [-0.2, 0) is 13.2 Å². The van der Waals surface area contributed by atoms with Crippen LogP contribution in [0.25, 0.3) is 0 Å². The number of rotatable bonds is 5. The molecule has 2 rings (SSSR count). The fourth-order valence-electron chi connectivity index (χ4n) is 1.84. The summed E-state index contributed by atoms with van der Waals surface area (Å²) in [5, 5.41) is 20.8. The summed E-state index contributed by atoms with van der Waals surface area (Å²) in [4.78, 5) is 0. The molecule has 0 heterocycles. The highest BCUT2D eigenvalue weighted by Gasteiger charge is 2.07. The number of hydrogen-bond acceptors (Lipinski definition) is 4. The highest BCUT2D eigenvalue weighted by atomic mass is 16.5. The SMILES string of the molecule is NC(=NO)c1ccccc1COc1cccc(CO)c1. The van der Waals surface area contributed by atoms with Crippen molar-refractivity contribution in [3.8, 4) is 5.75 Å². The number of ether oxygens (including phenoxy) is 1. The van der Waals surface area contributed by atoms with Crippen LogP contribution in [0.15, 0.2) is 53.7 Å². The van der Waals surface area contributed by atoms with Crippen LogP contribution in [0.3, 0.4) is 0 Å². The lowest BCUT2D eigenvalue weighted by Crippen LogP contribution is -2.16. The van der Waals surface area contributed by atoms with E-state index in [1.165, 1.54) is 0 Å². The van der Waals surface area contributed by atoms with Crippen LogP contribution < -0.4 is 10.5 Å². The van der Waals surface area contributed by atoms with E-state index in [0.717, 1.165) is 11.1 Å². The molecule has 0 unspecified atom stereocenters. The zero-order chi connectivity index (χ0) is 14.4. The van der Waals surface area contributed by atoms with Crippen LogP contribution in [-0.4, -0.2) is 16.1 Å². The monoisotopic (exact) mass is 272 g/mol. The van der Waals surface area contributed by atoms with Crippen LogP contribution in [0.1, 0.15) is 16.7 Å². The molecule has 0 aliphatic rings. The van der Waals surface area contributed by atoms with Crippen molar-refractivity contribution in [2.75, 3.05) is 0 Å². The lowest BCUT2D eigenvalue weighted by atomic mass is 10.1.